The molecule has 2 heterocycles. The van der Waals surface area contributed by atoms with Gasteiger partial charge in [-0.15, -0.1) is 0 Å². The first-order chi connectivity index (χ1) is 18.9. The van der Waals surface area contributed by atoms with E-state index in [4.69, 9.17) is 0 Å². The van der Waals surface area contributed by atoms with Crippen LogP contribution in [-0.4, -0.2) is 73.0 Å². The molecule has 0 radical (unpaired) electrons. The molecule has 1 atom stereocenters. The van der Waals surface area contributed by atoms with E-state index in [0.717, 1.165) is 22.0 Å². The predicted octanol–water partition coefficient (Wildman–Crippen LogP) is 5.02. The van der Waals surface area contributed by atoms with E-state index >= 15 is 0 Å². The van der Waals surface area contributed by atoms with Crippen molar-refractivity contribution in [1.82, 2.24) is 8.61 Å². The minimum absolute atomic E-state index is 0.0858. The number of halogens is 8. The zero-order valence-corrected chi connectivity index (χ0v) is 22.3. The molecule has 7 nitrogen and oxygen atoms in total. The van der Waals surface area contributed by atoms with Crippen LogP contribution in [0.15, 0.2) is 53.6 Å². The molecule has 2 aromatic carbocycles. The van der Waals surface area contributed by atoms with Gasteiger partial charge in [-0.1, -0.05) is 30.3 Å². The SMILES string of the molecule is CN(C)S(=O)(=O)N1CC=C(c2ccc(C3CC(C(O)(C(F)(F)F)C(F)(F)F)=NN3c3ccc(F)cc3F)cc2)CC1. The third kappa shape index (κ3) is 5.57. The van der Waals surface area contributed by atoms with Crippen molar-refractivity contribution in [2.24, 2.45) is 5.10 Å². The minimum atomic E-state index is -6.20. The van der Waals surface area contributed by atoms with E-state index < -0.39 is 63.7 Å². The van der Waals surface area contributed by atoms with Gasteiger partial charge >= 0.3 is 12.4 Å². The van der Waals surface area contributed by atoms with Gasteiger partial charge in [0.25, 0.3) is 15.8 Å². The molecule has 224 valence electrons. The summed E-state index contributed by atoms with van der Waals surface area (Å²) in [5.74, 6) is -2.32. The topological polar surface area (TPSA) is 76.5 Å². The van der Waals surface area contributed by atoms with E-state index in [1.54, 1.807) is 6.08 Å². The van der Waals surface area contributed by atoms with Gasteiger partial charge in [-0.05, 0) is 35.3 Å². The predicted molar refractivity (Wildman–Crippen MR) is 134 cm³/mol. The first-order valence-corrected chi connectivity index (χ1v) is 13.4. The number of nitrogens with zero attached hydrogens (tertiary/aromatic N) is 4. The number of hydrogen-bond acceptors (Lipinski definition) is 5. The highest BCUT2D eigenvalue weighted by Crippen LogP contribution is 2.49. The summed E-state index contributed by atoms with van der Waals surface area (Å²) >= 11 is 0. The highest BCUT2D eigenvalue weighted by molar-refractivity contribution is 7.86. The van der Waals surface area contributed by atoms with Gasteiger partial charge in [0.1, 0.15) is 5.82 Å². The Morgan fingerprint density at radius 3 is 2.07 bits per heavy atom. The van der Waals surface area contributed by atoms with Crippen molar-refractivity contribution >= 4 is 27.2 Å². The lowest BCUT2D eigenvalue weighted by atomic mass is 9.89. The molecule has 2 aliphatic rings. The fourth-order valence-corrected chi connectivity index (χ4v) is 5.69. The first-order valence-electron chi connectivity index (χ1n) is 12.0. The van der Waals surface area contributed by atoms with E-state index in [-0.39, 0.29) is 18.7 Å². The second-order valence-electron chi connectivity index (χ2n) is 9.66. The fourth-order valence-electron chi connectivity index (χ4n) is 4.64. The Morgan fingerprint density at radius 2 is 1.59 bits per heavy atom. The van der Waals surface area contributed by atoms with Gasteiger partial charge in [-0.25, -0.2) is 8.78 Å². The zero-order chi connectivity index (χ0) is 30.5. The molecule has 0 aromatic heterocycles. The Bertz CT molecular complexity index is 1460. The maximum Gasteiger partial charge on any atom is 0.431 e. The van der Waals surface area contributed by atoms with Crippen LogP contribution in [-0.2, 0) is 10.2 Å². The summed E-state index contributed by atoms with van der Waals surface area (Å²) < 4.78 is 137. The van der Waals surface area contributed by atoms with Gasteiger partial charge in [-0.2, -0.15) is 48.5 Å². The van der Waals surface area contributed by atoms with E-state index in [1.807, 2.05) is 0 Å². The van der Waals surface area contributed by atoms with Crippen LogP contribution in [0.25, 0.3) is 5.57 Å². The summed E-state index contributed by atoms with van der Waals surface area (Å²) in [5.41, 5.74) is -6.09. The Kier molecular flexibility index (Phi) is 8.01. The quantitative estimate of drug-likeness (QED) is 0.465. The van der Waals surface area contributed by atoms with E-state index in [9.17, 15) is 48.6 Å². The van der Waals surface area contributed by atoms with Gasteiger partial charge in [0.2, 0.25) is 0 Å². The lowest BCUT2D eigenvalue weighted by Gasteiger charge is -2.32. The number of rotatable bonds is 6. The van der Waals surface area contributed by atoms with Crippen molar-refractivity contribution in [3.63, 3.8) is 0 Å². The molecule has 1 unspecified atom stereocenters. The van der Waals surface area contributed by atoms with Gasteiger partial charge in [0, 0.05) is 39.7 Å². The van der Waals surface area contributed by atoms with Crippen molar-refractivity contribution in [1.29, 1.82) is 0 Å². The summed E-state index contributed by atoms with van der Waals surface area (Å²) in [6, 6.07) is 6.44. The summed E-state index contributed by atoms with van der Waals surface area (Å²) in [6.45, 7) is 0.265. The Balaban J connectivity index is 1.69. The Morgan fingerprint density at radius 1 is 0.976 bits per heavy atom. The van der Waals surface area contributed by atoms with Gasteiger partial charge in [0.15, 0.2) is 5.82 Å². The van der Waals surface area contributed by atoms with Crippen LogP contribution in [0.1, 0.15) is 30.0 Å². The van der Waals surface area contributed by atoms with Crippen molar-refractivity contribution in [2.75, 3.05) is 32.2 Å². The molecule has 41 heavy (non-hydrogen) atoms. The van der Waals surface area contributed by atoms with E-state index in [1.165, 1.54) is 42.7 Å². The van der Waals surface area contributed by atoms with Crippen LogP contribution in [0.5, 0.6) is 0 Å². The summed E-state index contributed by atoms with van der Waals surface area (Å²) in [4.78, 5) is 0. The average molecular weight is 613 g/mol. The van der Waals surface area contributed by atoms with Crippen molar-refractivity contribution in [2.45, 2.75) is 36.8 Å². The van der Waals surface area contributed by atoms with Gasteiger partial charge in [-0.3, -0.25) is 5.01 Å². The molecule has 0 spiro atoms. The molecule has 0 fully saturated rings. The number of anilines is 1. The lowest BCUT2D eigenvalue weighted by molar-refractivity contribution is -0.338. The van der Waals surface area contributed by atoms with E-state index in [2.05, 4.69) is 5.10 Å². The number of hydrazone groups is 1. The number of hydrogen-bond donors (Lipinski definition) is 1. The summed E-state index contributed by atoms with van der Waals surface area (Å²) in [7, 11) is -0.832. The largest absolute Gasteiger partial charge is 0.431 e. The third-order valence-electron chi connectivity index (χ3n) is 6.93. The standard InChI is InChI=1S/C25H24F8N4O3S/c1-35(2)41(39,40)36-11-9-16(10-12-36)15-3-5-17(6-4-15)21-14-22(23(38,24(28,29)30)25(31,32)33)34-37(21)20-8-7-18(26)13-19(20)27/h3-9,13,21,38H,10-12,14H2,1-2H3. The molecule has 0 aliphatic carbocycles. The van der Waals surface area contributed by atoms with Crippen LogP contribution in [0.4, 0.5) is 40.8 Å². The molecule has 2 aliphatic heterocycles. The molecule has 1 N–H and O–H groups in total. The fraction of sp³-hybridized carbons (Fsp3) is 0.400. The van der Waals surface area contributed by atoms with Crippen LogP contribution in [0.3, 0.4) is 0 Å². The lowest BCUT2D eigenvalue weighted by Crippen LogP contribution is -2.62. The summed E-state index contributed by atoms with van der Waals surface area (Å²) in [5, 5.41) is 13.9. The van der Waals surface area contributed by atoms with Crippen LogP contribution < -0.4 is 5.01 Å². The monoisotopic (exact) mass is 612 g/mol. The Hall–Kier alpha value is -3.08. The van der Waals surface area contributed by atoms with E-state index in [0.29, 0.717) is 23.1 Å². The molecule has 0 saturated carbocycles. The second-order valence-corrected chi connectivity index (χ2v) is 11.8. The molecule has 4 rings (SSSR count). The van der Waals surface area contributed by atoms with Crippen molar-refractivity contribution in [3.8, 4) is 0 Å². The van der Waals surface area contributed by atoms with Crippen LogP contribution in [0.2, 0.25) is 0 Å². The first kappa shape index (κ1) is 30.9. The highest BCUT2D eigenvalue weighted by Gasteiger charge is 2.74. The zero-order valence-electron chi connectivity index (χ0n) is 21.5. The molecule has 0 amide bonds. The summed E-state index contributed by atoms with van der Waals surface area (Å²) in [6.07, 6.45) is -11.5. The number of alkyl halides is 6. The maximum absolute atomic E-state index is 14.6. The molecule has 16 heteroatoms. The van der Waals surface area contributed by atoms with Crippen molar-refractivity contribution in [3.05, 3.63) is 71.3 Å². The number of benzene rings is 2. The normalized spacial score (nSPS) is 19.5. The number of aliphatic hydroxyl groups is 1. The highest BCUT2D eigenvalue weighted by atomic mass is 32.2. The Labute approximate surface area is 230 Å². The average Bonchev–Trinajstić information content (AvgIpc) is 3.32. The second kappa shape index (κ2) is 10.6. The molecule has 2 aromatic rings. The van der Waals surface area contributed by atoms with Gasteiger partial charge in [0.05, 0.1) is 17.4 Å². The minimum Gasteiger partial charge on any atom is -0.369 e. The van der Waals surface area contributed by atoms with Gasteiger partial charge < -0.3 is 5.11 Å². The van der Waals surface area contributed by atoms with Crippen molar-refractivity contribution < 1.29 is 48.6 Å². The molecular formula is C25H24F8N4O3S. The third-order valence-corrected chi connectivity index (χ3v) is 8.84. The maximum atomic E-state index is 14.6. The smallest absolute Gasteiger partial charge is 0.369 e. The van der Waals surface area contributed by atoms with Crippen LogP contribution >= 0.6 is 0 Å². The molecule has 0 bridgehead atoms. The van der Waals surface area contributed by atoms with Crippen LogP contribution in [0, 0.1) is 11.6 Å². The molecule has 0 saturated heterocycles. The molecular weight excluding hydrogens is 588 g/mol.